The molecule has 1 fully saturated rings. The summed E-state index contributed by atoms with van der Waals surface area (Å²) in [5.74, 6) is 0.976. The first-order valence-electron chi connectivity index (χ1n) is 11.6. The van der Waals surface area contributed by atoms with E-state index < -0.39 is 5.41 Å². The van der Waals surface area contributed by atoms with Gasteiger partial charge >= 0.3 is 0 Å². The van der Waals surface area contributed by atoms with E-state index in [9.17, 15) is 4.79 Å². The summed E-state index contributed by atoms with van der Waals surface area (Å²) >= 11 is 7.87. The van der Waals surface area contributed by atoms with E-state index in [1.165, 1.54) is 4.90 Å². The van der Waals surface area contributed by atoms with Crippen molar-refractivity contribution in [1.82, 2.24) is 0 Å². The van der Waals surface area contributed by atoms with Crippen molar-refractivity contribution in [1.29, 1.82) is 0 Å². The smallest absolute Gasteiger partial charge is 0.233 e. The van der Waals surface area contributed by atoms with Gasteiger partial charge in [-0.05, 0) is 35.4 Å². The molecule has 0 saturated carbocycles. The Balaban J connectivity index is 1.51. The monoisotopic (exact) mass is 479 g/mol. The molecule has 0 bridgehead atoms. The lowest BCUT2D eigenvalue weighted by molar-refractivity contribution is -0.899. The molecule has 0 aromatic heterocycles. The summed E-state index contributed by atoms with van der Waals surface area (Å²) in [6.45, 7) is 3.10. The number of thioether (sulfide) groups is 1. The van der Waals surface area contributed by atoms with E-state index in [1.54, 1.807) is 0 Å². The van der Waals surface area contributed by atoms with Crippen LogP contribution in [0.15, 0.2) is 89.8 Å². The zero-order chi connectivity index (χ0) is 23.3. The largest absolute Gasteiger partial charge is 0.369 e. The molecule has 0 radical (unpaired) electrons. The lowest BCUT2D eigenvalue weighted by Gasteiger charge is -2.38. The molecule has 1 heterocycles. The second-order valence-corrected chi connectivity index (χ2v) is 10.9. The minimum Gasteiger partial charge on any atom is -0.369 e. The Labute approximate surface area is 206 Å². The van der Waals surface area contributed by atoms with Crippen LogP contribution in [0.4, 0.5) is 0 Å². The molecule has 2 atom stereocenters. The molecular weight excluding hydrogens is 448 g/mol. The van der Waals surface area contributed by atoms with Crippen LogP contribution < -0.4 is 5.73 Å². The van der Waals surface area contributed by atoms with Crippen LogP contribution in [0.2, 0.25) is 5.02 Å². The highest BCUT2D eigenvalue weighted by molar-refractivity contribution is 7.99. The normalized spacial score (nSPS) is 20.6. The zero-order valence-corrected chi connectivity index (χ0v) is 20.7. The number of nitrogens with zero attached hydrogens (tertiary/aromatic N) is 1. The van der Waals surface area contributed by atoms with Crippen molar-refractivity contribution < 1.29 is 9.28 Å². The topological polar surface area (TPSA) is 43.1 Å². The number of hydrogen-bond donors (Lipinski definition) is 1. The van der Waals surface area contributed by atoms with Crippen molar-refractivity contribution in [3.8, 4) is 0 Å². The second-order valence-electron chi connectivity index (χ2n) is 9.30. The number of rotatable bonds is 9. The predicted octanol–water partition coefficient (Wildman–Crippen LogP) is 5.76. The summed E-state index contributed by atoms with van der Waals surface area (Å²) in [7, 11) is 2.33. The highest BCUT2D eigenvalue weighted by Gasteiger charge is 2.53. The Morgan fingerprint density at radius 1 is 1.00 bits per heavy atom. The van der Waals surface area contributed by atoms with Gasteiger partial charge in [0.25, 0.3) is 0 Å². The second kappa shape index (κ2) is 10.3. The molecule has 5 heteroatoms. The quantitative estimate of drug-likeness (QED) is 0.241. The van der Waals surface area contributed by atoms with Crippen LogP contribution >= 0.6 is 23.4 Å². The van der Waals surface area contributed by atoms with Gasteiger partial charge in [0.1, 0.15) is 5.41 Å². The first-order valence-corrected chi connectivity index (χ1v) is 12.9. The number of halogens is 1. The zero-order valence-electron chi connectivity index (χ0n) is 19.1. The number of likely N-dealkylation sites (tertiary alicyclic amines) is 1. The molecule has 33 heavy (non-hydrogen) atoms. The van der Waals surface area contributed by atoms with Crippen LogP contribution in [-0.2, 0) is 10.2 Å². The summed E-state index contributed by atoms with van der Waals surface area (Å²) in [4.78, 5) is 14.5. The highest BCUT2D eigenvalue weighted by atomic mass is 35.5. The van der Waals surface area contributed by atoms with Crippen LogP contribution in [0.3, 0.4) is 0 Å². The summed E-state index contributed by atoms with van der Waals surface area (Å²) in [6, 6.07) is 28.3. The number of nitrogens with two attached hydrogens (primary N) is 1. The van der Waals surface area contributed by atoms with Gasteiger partial charge in [0.15, 0.2) is 0 Å². The minimum atomic E-state index is -0.809. The minimum absolute atomic E-state index is 0.161. The molecule has 0 spiro atoms. The first-order chi connectivity index (χ1) is 15.9. The number of hydrogen-bond acceptors (Lipinski definition) is 2. The van der Waals surface area contributed by atoms with E-state index in [0.29, 0.717) is 0 Å². The van der Waals surface area contributed by atoms with Crippen molar-refractivity contribution in [2.75, 3.05) is 32.4 Å². The standard InChI is InChI=1S/C28H31ClN2OS/c1-31(18-8-20-33-26-15-13-25(29)14-16-26)19-17-24(21-31)28(27(30)32,22-9-4-2-5-10-22)23-11-6-3-7-12-23/h2-7,9-16,24H,8,17-21H2,1H3,(H-,30,32)/p+1/t24?,31-/m1/s1. The maximum Gasteiger partial charge on any atom is 0.233 e. The number of quaternary nitrogens is 1. The summed E-state index contributed by atoms with van der Waals surface area (Å²) < 4.78 is 0.973. The third-order valence-electron chi connectivity index (χ3n) is 7.06. The fourth-order valence-corrected chi connectivity index (χ4v) is 6.40. The van der Waals surface area contributed by atoms with Gasteiger partial charge in [-0.25, -0.2) is 0 Å². The van der Waals surface area contributed by atoms with Gasteiger partial charge in [0.2, 0.25) is 5.91 Å². The molecular formula is C28H32ClN2OS+. The van der Waals surface area contributed by atoms with Crippen LogP contribution in [0, 0.1) is 5.92 Å². The van der Waals surface area contributed by atoms with Gasteiger partial charge in [-0.3, -0.25) is 4.79 Å². The number of amides is 1. The van der Waals surface area contributed by atoms with E-state index >= 15 is 0 Å². The molecule has 3 aromatic rings. The van der Waals surface area contributed by atoms with Crippen molar-refractivity contribution in [3.05, 3.63) is 101 Å². The van der Waals surface area contributed by atoms with Crippen molar-refractivity contribution in [2.45, 2.75) is 23.2 Å². The molecule has 3 aromatic carbocycles. The van der Waals surface area contributed by atoms with Crippen LogP contribution in [0.1, 0.15) is 24.0 Å². The molecule has 172 valence electrons. The highest BCUT2D eigenvalue weighted by Crippen LogP contribution is 2.45. The van der Waals surface area contributed by atoms with E-state index in [-0.39, 0.29) is 11.8 Å². The van der Waals surface area contributed by atoms with E-state index in [0.717, 1.165) is 58.9 Å². The van der Waals surface area contributed by atoms with Crippen LogP contribution in [0.5, 0.6) is 0 Å². The molecule has 1 aliphatic rings. The first kappa shape index (κ1) is 23.9. The molecule has 1 unspecified atom stereocenters. The lowest BCUT2D eigenvalue weighted by atomic mass is 9.64. The SMILES string of the molecule is C[N@@+]1(CCCSc2ccc(Cl)cc2)CCC(C(C(N)=O)(c2ccccc2)c2ccccc2)C1. The number of carbonyl (C=O) groups is 1. The Bertz CT molecular complexity index is 1020. The summed E-state index contributed by atoms with van der Waals surface area (Å²) in [5.41, 5.74) is 7.43. The molecule has 1 saturated heterocycles. The maximum atomic E-state index is 13.3. The Morgan fingerprint density at radius 2 is 1.58 bits per heavy atom. The average molecular weight is 480 g/mol. The third kappa shape index (κ3) is 5.13. The number of carbonyl (C=O) groups excluding carboxylic acids is 1. The van der Waals surface area contributed by atoms with Crippen LogP contribution in [0.25, 0.3) is 0 Å². The van der Waals surface area contributed by atoms with Gasteiger partial charge in [-0.15, -0.1) is 11.8 Å². The third-order valence-corrected chi connectivity index (χ3v) is 8.41. The van der Waals surface area contributed by atoms with E-state index in [2.05, 4.69) is 43.4 Å². The van der Waals surface area contributed by atoms with Crippen LogP contribution in [-0.4, -0.2) is 42.8 Å². The molecule has 1 amide bonds. The molecule has 4 rings (SSSR count). The number of benzene rings is 3. The molecule has 0 aliphatic carbocycles. The Hall–Kier alpha value is -2.27. The molecule has 2 N–H and O–H groups in total. The van der Waals surface area contributed by atoms with Gasteiger partial charge in [-0.1, -0.05) is 72.3 Å². The van der Waals surface area contributed by atoms with Gasteiger partial charge in [0.05, 0.1) is 26.7 Å². The number of primary amides is 1. The Morgan fingerprint density at radius 3 is 2.12 bits per heavy atom. The van der Waals surface area contributed by atoms with Crippen molar-refractivity contribution in [2.24, 2.45) is 11.7 Å². The van der Waals surface area contributed by atoms with Gasteiger partial charge in [0, 0.05) is 34.4 Å². The lowest BCUT2D eigenvalue weighted by Crippen LogP contribution is -2.51. The van der Waals surface area contributed by atoms with Crippen molar-refractivity contribution >= 4 is 29.3 Å². The Kier molecular flexibility index (Phi) is 7.48. The predicted molar refractivity (Wildman–Crippen MR) is 139 cm³/mol. The fourth-order valence-electron chi connectivity index (χ4n) is 5.43. The van der Waals surface area contributed by atoms with Gasteiger partial charge in [-0.2, -0.15) is 0 Å². The fraction of sp³-hybridized carbons (Fsp3) is 0.321. The summed E-state index contributed by atoms with van der Waals surface area (Å²) in [6.07, 6.45) is 2.10. The van der Waals surface area contributed by atoms with Crippen molar-refractivity contribution in [3.63, 3.8) is 0 Å². The van der Waals surface area contributed by atoms with E-state index in [1.807, 2.05) is 60.3 Å². The van der Waals surface area contributed by atoms with Gasteiger partial charge < -0.3 is 10.2 Å². The molecule has 3 nitrogen and oxygen atoms in total. The summed E-state index contributed by atoms with van der Waals surface area (Å²) in [5, 5.41) is 0.773. The molecule has 1 aliphatic heterocycles. The average Bonchev–Trinajstić information content (AvgIpc) is 3.22. The van der Waals surface area contributed by atoms with E-state index in [4.69, 9.17) is 17.3 Å². The maximum absolute atomic E-state index is 13.3.